The highest BCUT2D eigenvalue weighted by molar-refractivity contribution is 5.81. The van der Waals surface area contributed by atoms with E-state index in [9.17, 15) is 4.79 Å². The van der Waals surface area contributed by atoms with Crippen LogP contribution in [0.4, 0.5) is 0 Å². The van der Waals surface area contributed by atoms with E-state index < -0.39 is 0 Å². The molecule has 3 heterocycles. The maximum atomic E-state index is 11.0. The number of hydrogen-bond acceptors (Lipinski definition) is 4. The Morgan fingerprint density at radius 1 is 1.04 bits per heavy atom. The summed E-state index contributed by atoms with van der Waals surface area (Å²) in [4.78, 5) is 16.0. The third-order valence-electron chi connectivity index (χ3n) is 5.62. The molecule has 2 bridgehead atoms. The lowest BCUT2D eigenvalue weighted by Gasteiger charge is -2.54. The van der Waals surface area contributed by atoms with Crippen LogP contribution in [0.3, 0.4) is 0 Å². The second kappa shape index (κ2) is 7.88. The molecule has 5 rings (SSSR count). The second-order valence-corrected chi connectivity index (χ2v) is 8.05. The first kappa shape index (κ1) is 18.4. The number of benzene rings is 1. The van der Waals surface area contributed by atoms with Gasteiger partial charge in [0, 0.05) is 55.7 Å². The molecule has 3 aliphatic heterocycles. The number of carbonyl (C=O) groups is 1. The van der Waals surface area contributed by atoms with Gasteiger partial charge in [0.1, 0.15) is 18.1 Å². The monoisotopic (exact) mass is 344 g/mol. The van der Waals surface area contributed by atoms with Gasteiger partial charge in [0.25, 0.3) is 0 Å². The molecule has 2 saturated heterocycles. The number of Topliss-reactive ketones (excluding diaryl/α,β-unsaturated/α-hetero) is 1. The zero-order valence-electron chi connectivity index (χ0n) is 16.1. The molecular formula is C21H32N2O2. The summed E-state index contributed by atoms with van der Waals surface area (Å²) in [7, 11) is 0. The van der Waals surface area contributed by atoms with Crippen LogP contribution in [-0.2, 0) is 11.3 Å². The Morgan fingerprint density at radius 2 is 1.72 bits per heavy atom. The van der Waals surface area contributed by atoms with Gasteiger partial charge in [0.05, 0.1) is 0 Å². The van der Waals surface area contributed by atoms with Gasteiger partial charge in [-0.3, -0.25) is 14.6 Å². The predicted molar refractivity (Wildman–Crippen MR) is 101 cm³/mol. The van der Waals surface area contributed by atoms with Crippen LogP contribution in [0.15, 0.2) is 24.3 Å². The lowest BCUT2D eigenvalue weighted by atomic mass is 9.78. The fourth-order valence-electron chi connectivity index (χ4n) is 4.33. The molecule has 3 fully saturated rings. The zero-order chi connectivity index (χ0) is 18.0. The van der Waals surface area contributed by atoms with Gasteiger partial charge in [-0.25, -0.2) is 0 Å². The molecule has 25 heavy (non-hydrogen) atoms. The van der Waals surface area contributed by atoms with E-state index >= 15 is 0 Å². The SMILES string of the molecule is CC(C)N1C2CC(=O)CC1C2.CC(C)N1CCOc2ccccc2C1. The van der Waals surface area contributed by atoms with E-state index in [1.54, 1.807) is 0 Å². The second-order valence-electron chi connectivity index (χ2n) is 8.05. The van der Waals surface area contributed by atoms with Gasteiger partial charge < -0.3 is 4.74 Å². The van der Waals surface area contributed by atoms with Gasteiger partial charge in [0.2, 0.25) is 0 Å². The van der Waals surface area contributed by atoms with E-state index in [2.05, 4.69) is 55.7 Å². The number of piperidine rings is 1. The first-order valence-corrected chi connectivity index (χ1v) is 9.69. The quantitative estimate of drug-likeness (QED) is 0.822. The summed E-state index contributed by atoms with van der Waals surface area (Å²) in [6.45, 7) is 11.7. The number of carbonyl (C=O) groups excluding carboxylic acids is 1. The number of fused-ring (bicyclic) bond motifs is 3. The Bertz CT molecular complexity index is 585. The van der Waals surface area contributed by atoms with Crippen LogP contribution in [0.1, 0.15) is 52.5 Å². The lowest BCUT2D eigenvalue weighted by Crippen LogP contribution is -2.63. The standard InChI is InChI=1S/C12H17NO.C9H15NO/c1-10(2)13-7-8-14-12-6-4-3-5-11(12)9-13;1-6(2)10-7-3-8(10)5-9(11)4-7/h3-6,10H,7-9H2,1-2H3;6-8H,3-5H2,1-2H3. The van der Waals surface area contributed by atoms with E-state index in [0.29, 0.717) is 30.0 Å². The van der Waals surface area contributed by atoms with Crippen LogP contribution in [0, 0.1) is 0 Å². The molecule has 0 radical (unpaired) electrons. The third-order valence-corrected chi connectivity index (χ3v) is 5.62. The average Bonchev–Trinajstić information content (AvgIpc) is 2.77. The van der Waals surface area contributed by atoms with E-state index in [1.807, 2.05) is 6.07 Å². The smallest absolute Gasteiger partial charge is 0.136 e. The molecule has 1 aromatic carbocycles. The summed E-state index contributed by atoms with van der Waals surface area (Å²) < 4.78 is 5.69. The molecule has 0 N–H and O–H groups in total. The largest absolute Gasteiger partial charge is 0.492 e. The van der Waals surface area contributed by atoms with E-state index in [1.165, 1.54) is 12.0 Å². The molecule has 4 nitrogen and oxygen atoms in total. The summed E-state index contributed by atoms with van der Waals surface area (Å²) in [6, 6.07) is 10.7. The summed E-state index contributed by atoms with van der Waals surface area (Å²) in [5.41, 5.74) is 1.30. The molecule has 1 aromatic rings. The third kappa shape index (κ3) is 4.24. The van der Waals surface area contributed by atoms with Gasteiger partial charge in [0.15, 0.2) is 0 Å². The molecule has 1 saturated carbocycles. The summed E-state index contributed by atoms with van der Waals surface area (Å²) in [5, 5.41) is 0. The first-order chi connectivity index (χ1) is 12.0. The summed E-state index contributed by atoms with van der Waals surface area (Å²) in [5.74, 6) is 1.53. The van der Waals surface area contributed by atoms with Crippen LogP contribution in [0.2, 0.25) is 0 Å². The zero-order valence-corrected chi connectivity index (χ0v) is 16.1. The molecule has 138 valence electrons. The minimum Gasteiger partial charge on any atom is -0.492 e. The van der Waals surface area contributed by atoms with Gasteiger partial charge in [-0.2, -0.15) is 0 Å². The number of hydrogen-bond donors (Lipinski definition) is 0. The molecule has 2 unspecified atom stereocenters. The molecule has 4 heteroatoms. The Kier molecular flexibility index (Phi) is 5.80. The molecule has 4 aliphatic rings. The van der Waals surface area contributed by atoms with E-state index in [-0.39, 0.29) is 0 Å². The number of para-hydroxylation sites is 1. The number of ketones is 1. The Labute approximate surface area is 152 Å². The Hall–Kier alpha value is -1.39. The maximum Gasteiger partial charge on any atom is 0.136 e. The van der Waals surface area contributed by atoms with Crippen LogP contribution >= 0.6 is 0 Å². The highest BCUT2D eigenvalue weighted by atomic mass is 16.5. The molecule has 0 amide bonds. The molecule has 0 spiro atoms. The fraction of sp³-hybridized carbons (Fsp3) is 0.667. The Morgan fingerprint density at radius 3 is 2.36 bits per heavy atom. The van der Waals surface area contributed by atoms with E-state index in [0.717, 1.165) is 38.3 Å². The highest BCUT2D eigenvalue weighted by Gasteiger charge is 2.45. The molecular weight excluding hydrogens is 312 g/mol. The maximum absolute atomic E-state index is 11.0. The summed E-state index contributed by atoms with van der Waals surface area (Å²) >= 11 is 0. The van der Waals surface area contributed by atoms with Gasteiger partial charge >= 0.3 is 0 Å². The van der Waals surface area contributed by atoms with Crippen molar-refractivity contribution in [3.8, 4) is 5.75 Å². The summed E-state index contributed by atoms with van der Waals surface area (Å²) in [6.07, 6.45) is 2.90. The molecule has 1 aliphatic carbocycles. The fourth-order valence-corrected chi connectivity index (χ4v) is 4.33. The van der Waals surface area contributed by atoms with Crippen molar-refractivity contribution in [3.05, 3.63) is 29.8 Å². The highest BCUT2D eigenvalue weighted by Crippen LogP contribution is 2.37. The molecule has 2 atom stereocenters. The normalized spacial score (nSPS) is 26.2. The number of ether oxygens (including phenoxy) is 1. The van der Waals surface area contributed by atoms with Crippen molar-refractivity contribution in [2.45, 2.75) is 77.7 Å². The van der Waals surface area contributed by atoms with Gasteiger partial charge in [-0.05, 0) is 40.2 Å². The molecule has 0 aromatic heterocycles. The minimum atomic E-state index is 0.475. The number of rotatable bonds is 2. The number of nitrogens with zero attached hydrogens (tertiary/aromatic N) is 2. The van der Waals surface area contributed by atoms with Crippen molar-refractivity contribution >= 4 is 5.78 Å². The first-order valence-electron chi connectivity index (χ1n) is 9.69. The average molecular weight is 344 g/mol. The van der Waals surface area contributed by atoms with Crippen molar-refractivity contribution in [2.75, 3.05) is 13.2 Å². The topological polar surface area (TPSA) is 32.8 Å². The van der Waals surface area contributed by atoms with Crippen LogP contribution in [0.25, 0.3) is 0 Å². The van der Waals surface area contributed by atoms with Crippen LogP contribution < -0.4 is 4.74 Å². The van der Waals surface area contributed by atoms with E-state index in [4.69, 9.17) is 4.74 Å². The van der Waals surface area contributed by atoms with Crippen molar-refractivity contribution in [2.24, 2.45) is 0 Å². The van der Waals surface area contributed by atoms with Crippen molar-refractivity contribution in [1.29, 1.82) is 0 Å². The predicted octanol–water partition coefficient (Wildman–Crippen LogP) is 3.49. The van der Waals surface area contributed by atoms with Crippen LogP contribution in [-0.4, -0.2) is 52.9 Å². The minimum absolute atomic E-state index is 0.475. The van der Waals surface area contributed by atoms with Crippen LogP contribution in [0.5, 0.6) is 5.75 Å². The van der Waals surface area contributed by atoms with Gasteiger partial charge in [-0.15, -0.1) is 0 Å². The Balaban J connectivity index is 0.000000150. The van der Waals surface area contributed by atoms with Crippen molar-refractivity contribution in [3.63, 3.8) is 0 Å². The lowest BCUT2D eigenvalue weighted by molar-refractivity contribution is -0.136. The van der Waals surface area contributed by atoms with Crippen molar-refractivity contribution < 1.29 is 9.53 Å². The van der Waals surface area contributed by atoms with Gasteiger partial charge in [-0.1, -0.05) is 18.2 Å². The van der Waals surface area contributed by atoms with Crippen molar-refractivity contribution in [1.82, 2.24) is 9.80 Å².